The minimum Gasteiger partial charge on any atom is -0.369 e. The lowest BCUT2D eigenvalue weighted by atomic mass is 10.1. The predicted molar refractivity (Wildman–Crippen MR) is 94.0 cm³/mol. The molecule has 1 N–H and O–H groups in total. The molecule has 0 aliphatic rings. The van der Waals surface area contributed by atoms with E-state index in [2.05, 4.69) is 29.0 Å². The molecule has 2 rings (SSSR count). The number of benzene rings is 1. The Kier molecular flexibility index (Phi) is 7.01. The van der Waals surface area contributed by atoms with Crippen LogP contribution in [-0.4, -0.2) is 18.1 Å². The van der Waals surface area contributed by atoms with Crippen molar-refractivity contribution < 1.29 is 4.39 Å². The quantitative estimate of drug-likeness (QED) is 0.754. The van der Waals surface area contributed by atoms with Gasteiger partial charge in [-0.15, -0.1) is 0 Å². The molecule has 0 radical (unpaired) electrons. The van der Waals surface area contributed by atoms with Crippen molar-refractivity contribution in [1.82, 2.24) is 10.3 Å². The molecule has 0 saturated carbocycles. The van der Waals surface area contributed by atoms with Crippen molar-refractivity contribution in [1.29, 1.82) is 0 Å². The molecule has 1 heterocycles. The highest BCUT2D eigenvalue weighted by molar-refractivity contribution is 5.50. The van der Waals surface area contributed by atoms with E-state index in [1.54, 1.807) is 18.5 Å². The zero-order valence-corrected chi connectivity index (χ0v) is 14.1. The fourth-order valence-electron chi connectivity index (χ4n) is 2.65. The van der Waals surface area contributed by atoms with Crippen LogP contribution >= 0.6 is 0 Å². The molecule has 2 aromatic rings. The van der Waals surface area contributed by atoms with Crippen LogP contribution < -0.4 is 10.2 Å². The molecule has 0 unspecified atom stereocenters. The first-order chi connectivity index (χ1) is 11.2. The minimum absolute atomic E-state index is 0.134. The van der Waals surface area contributed by atoms with Crippen molar-refractivity contribution in [3.05, 3.63) is 59.7 Å². The van der Waals surface area contributed by atoms with Crippen LogP contribution in [0.15, 0.2) is 42.7 Å². The smallest absolute Gasteiger partial charge is 0.146 e. The van der Waals surface area contributed by atoms with Crippen molar-refractivity contribution in [2.24, 2.45) is 0 Å². The van der Waals surface area contributed by atoms with Crippen molar-refractivity contribution in [3.63, 3.8) is 0 Å². The summed E-state index contributed by atoms with van der Waals surface area (Å²) < 4.78 is 14.2. The van der Waals surface area contributed by atoms with Gasteiger partial charge in [-0.2, -0.15) is 0 Å². The fourth-order valence-corrected chi connectivity index (χ4v) is 2.65. The summed E-state index contributed by atoms with van der Waals surface area (Å²) in [6.45, 7) is 7.53. The SMILES string of the molecule is CCCN(CCC)c1cc(CNCc2ccncc2)ccc1F. The highest BCUT2D eigenvalue weighted by Gasteiger charge is 2.11. The lowest BCUT2D eigenvalue weighted by Crippen LogP contribution is -2.26. The van der Waals surface area contributed by atoms with E-state index < -0.39 is 0 Å². The minimum atomic E-state index is -0.134. The average molecular weight is 315 g/mol. The number of nitrogens with zero attached hydrogens (tertiary/aromatic N) is 2. The second-order valence-corrected chi connectivity index (χ2v) is 5.73. The van der Waals surface area contributed by atoms with Gasteiger partial charge in [0.2, 0.25) is 0 Å². The lowest BCUT2D eigenvalue weighted by Gasteiger charge is -2.25. The van der Waals surface area contributed by atoms with Gasteiger partial charge < -0.3 is 10.2 Å². The van der Waals surface area contributed by atoms with Gasteiger partial charge in [-0.3, -0.25) is 4.98 Å². The fraction of sp³-hybridized carbons (Fsp3) is 0.421. The molecule has 0 spiro atoms. The Morgan fingerprint density at radius 3 is 2.26 bits per heavy atom. The van der Waals surface area contributed by atoms with E-state index in [-0.39, 0.29) is 5.82 Å². The van der Waals surface area contributed by atoms with E-state index in [1.165, 1.54) is 5.56 Å². The van der Waals surface area contributed by atoms with Gasteiger partial charge in [-0.05, 0) is 48.2 Å². The monoisotopic (exact) mass is 315 g/mol. The van der Waals surface area contributed by atoms with Gasteiger partial charge in [0, 0.05) is 38.6 Å². The van der Waals surface area contributed by atoms with E-state index in [0.29, 0.717) is 0 Å². The van der Waals surface area contributed by atoms with Gasteiger partial charge in [0.1, 0.15) is 5.82 Å². The molecular formula is C19H26FN3. The van der Waals surface area contributed by atoms with Gasteiger partial charge in [0.05, 0.1) is 5.69 Å². The van der Waals surface area contributed by atoms with Gasteiger partial charge in [-0.25, -0.2) is 4.39 Å². The summed E-state index contributed by atoms with van der Waals surface area (Å²) in [5, 5.41) is 3.40. The Morgan fingerprint density at radius 1 is 0.957 bits per heavy atom. The summed E-state index contributed by atoms with van der Waals surface area (Å²) in [7, 11) is 0. The molecule has 0 saturated heterocycles. The van der Waals surface area contributed by atoms with E-state index in [4.69, 9.17) is 0 Å². The normalized spacial score (nSPS) is 10.7. The first kappa shape index (κ1) is 17.4. The van der Waals surface area contributed by atoms with Crippen LogP contribution in [0.3, 0.4) is 0 Å². The van der Waals surface area contributed by atoms with Crippen molar-refractivity contribution in [3.8, 4) is 0 Å². The second kappa shape index (κ2) is 9.26. The molecule has 1 aromatic heterocycles. The largest absolute Gasteiger partial charge is 0.369 e. The zero-order valence-electron chi connectivity index (χ0n) is 14.1. The van der Waals surface area contributed by atoms with Gasteiger partial charge >= 0.3 is 0 Å². The molecule has 23 heavy (non-hydrogen) atoms. The van der Waals surface area contributed by atoms with E-state index in [9.17, 15) is 4.39 Å². The Labute approximate surface area is 138 Å². The van der Waals surface area contributed by atoms with Crippen molar-refractivity contribution in [2.45, 2.75) is 39.8 Å². The van der Waals surface area contributed by atoms with E-state index >= 15 is 0 Å². The van der Waals surface area contributed by atoms with E-state index in [0.717, 1.165) is 50.3 Å². The van der Waals surface area contributed by atoms with Crippen molar-refractivity contribution >= 4 is 5.69 Å². The zero-order chi connectivity index (χ0) is 16.5. The number of hydrogen-bond donors (Lipinski definition) is 1. The molecule has 3 nitrogen and oxygen atoms in total. The Morgan fingerprint density at radius 2 is 1.61 bits per heavy atom. The van der Waals surface area contributed by atoms with E-state index in [1.807, 2.05) is 24.3 Å². The summed E-state index contributed by atoms with van der Waals surface area (Å²) in [5.74, 6) is -0.134. The average Bonchev–Trinajstić information content (AvgIpc) is 2.57. The summed E-state index contributed by atoms with van der Waals surface area (Å²) in [5.41, 5.74) is 3.02. The van der Waals surface area contributed by atoms with Crippen LogP contribution in [0.1, 0.15) is 37.8 Å². The summed E-state index contributed by atoms with van der Waals surface area (Å²) in [4.78, 5) is 6.15. The van der Waals surface area contributed by atoms with Crippen LogP contribution in [-0.2, 0) is 13.1 Å². The van der Waals surface area contributed by atoms with Crippen LogP contribution in [0.25, 0.3) is 0 Å². The Bertz CT molecular complexity index is 580. The maximum absolute atomic E-state index is 14.2. The number of hydrogen-bond acceptors (Lipinski definition) is 3. The van der Waals surface area contributed by atoms with Gasteiger partial charge in [0.25, 0.3) is 0 Å². The molecule has 4 heteroatoms. The Balaban J connectivity index is 2.01. The van der Waals surface area contributed by atoms with Crippen LogP contribution in [0, 0.1) is 5.82 Å². The number of anilines is 1. The standard InChI is InChI=1S/C19H26FN3/c1-3-11-23(12-4-2)19-13-17(5-6-18(19)20)15-22-14-16-7-9-21-10-8-16/h5-10,13,22H,3-4,11-12,14-15H2,1-2H3. The number of halogens is 1. The number of rotatable bonds is 9. The first-order valence-corrected chi connectivity index (χ1v) is 8.37. The molecule has 0 fully saturated rings. The summed E-state index contributed by atoms with van der Waals surface area (Å²) in [6, 6.07) is 9.40. The highest BCUT2D eigenvalue weighted by Crippen LogP contribution is 2.22. The van der Waals surface area contributed by atoms with Crippen LogP contribution in [0.5, 0.6) is 0 Å². The molecule has 0 bridgehead atoms. The first-order valence-electron chi connectivity index (χ1n) is 8.37. The third-order valence-electron chi connectivity index (χ3n) is 3.75. The van der Waals surface area contributed by atoms with Crippen LogP contribution in [0.2, 0.25) is 0 Å². The number of pyridine rings is 1. The summed E-state index contributed by atoms with van der Waals surface area (Å²) in [6.07, 6.45) is 5.62. The van der Waals surface area contributed by atoms with Crippen LogP contribution in [0.4, 0.5) is 10.1 Å². The molecule has 0 amide bonds. The molecule has 0 aliphatic carbocycles. The van der Waals surface area contributed by atoms with Crippen molar-refractivity contribution in [2.75, 3.05) is 18.0 Å². The number of aromatic nitrogens is 1. The Hall–Kier alpha value is -1.94. The molecule has 1 aromatic carbocycles. The maximum Gasteiger partial charge on any atom is 0.146 e. The second-order valence-electron chi connectivity index (χ2n) is 5.73. The highest BCUT2D eigenvalue weighted by atomic mass is 19.1. The summed E-state index contributed by atoms with van der Waals surface area (Å²) >= 11 is 0. The maximum atomic E-state index is 14.2. The third-order valence-corrected chi connectivity index (χ3v) is 3.75. The molecule has 0 atom stereocenters. The third kappa shape index (κ3) is 5.32. The lowest BCUT2D eigenvalue weighted by molar-refractivity contribution is 0.610. The molecule has 124 valence electrons. The van der Waals surface area contributed by atoms with Gasteiger partial charge in [0.15, 0.2) is 0 Å². The molecular weight excluding hydrogens is 289 g/mol. The topological polar surface area (TPSA) is 28.2 Å². The van der Waals surface area contributed by atoms with Gasteiger partial charge in [-0.1, -0.05) is 19.9 Å². The number of nitrogens with one attached hydrogen (secondary N) is 1. The molecule has 0 aliphatic heterocycles. The predicted octanol–water partition coefficient (Wildman–Crippen LogP) is 4.14.